The predicted octanol–water partition coefficient (Wildman–Crippen LogP) is 3.08. The van der Waals surface area contributed by atoms with Crippen LogP contribution in [-0.4, -0.2) is 0 Å². The van der Waals surface area contributed by atoms with E-state index in [9.17, 15) is 0 Å². The molecule has 50 valence electrons. The summed E-state index contributed by atoms with van der Waals surface area (Å²) in [7, 11) is 0. The van der Waals surface area contributed by atoms with Crippen molar-refractivity contribution in [1.29, 1.82) is 0 Å². The van der Waals surface area contributed by atoms with E-state index < -0.39 is 0 Å². The van der Waals surface area contributed by atoms with Gasteiger partial charge in [0, 0.05) is 0 Å². The molecule has 0 aromatic rings. The van der Waals surface area contributed by atoms with E-state index in [1.54, 1.807) is 0 Å². The summed E-state index contributed by atoms with van der Waals surface area (Å²) in [4.78, 5) is 0. The number of hydrogen-bond acceptors (Lipinski definition) is 0. The highest BCUT2D eigenvalue weighted by Gasteiger charge is 2.06. The van der Waals surface area contributed by atoms with Gasteiger partial charge in [0.15, 0.2) is 0 Å². The summed E-state index contributed by atoms with van der Waals surface area (Å²) in [5.74, 6) is 1.83. The van der Waals surface area contributed by atoms with Gasteiger partial charge in [0.1, 0.15) is 0 Å². The van der Waals surface area contributed by atoms with E-state index in [-0.39, 0.29) is 0 Å². The zero-order chi connectivity index (χ0) is 6.57. The molecule has 0 bridgehead atoms. The molecule has 0 aliphatic carbocycles. The van der Waals surface area contributed by atoms with Crippen LogP contribution < -0.4 is 0 Å². The molecule has 0 aromatic carbocycles. The van der Waals surface area contributed by atoms with Crippen molar-refractivity contribution in [2.45, 2.75) is 40.5 Å². The lowest BCUT2D eigenvalue weighted by Crippen LogP contribution is -2.04. The Kier molecular flexibility index (Phi) is 3.94. The normalized spacial score (nSPS) is 11.2. The minimum Gasteiger partial charge on any atom is -0.0651 e. The van der Waals surface area contributed by atoms with Gasteiger partial charge in [-0.15, -0.1) is 0 Å². The molecule has 0 heteroatoms. The fourth-order valence-electron chi connectivity index (χ4n) is 1.23. The van der Waals surface area contributed by atoms with Gasteiger partial charge in [-0.3, -0.25) is 0 Å². The monoisotopic (exact) mass is 114 g/mol. The van der Waals surface area contributed by atoms with Crippen molar-refractivity contribution in [3.8, 4) is 0 Å². The average molecular weight is 114 g/mol. The van der Waals surface area contributed by atoms with E-state index in [0.717, 1.165) is 11.8 Å². The third kappa shape index (κ3) is 2.34. The second kappa shape index (κ2) is 3.94. The summed E-state index contributed by atoms with van der Waals surface area (Å²) >= 11 is 0. The molecule has 0 spiro atoms. The average Bonchev–Trinajstić information content (AvgIpc) is 1.69. The molecule has 0 saturated heterocycles. The van der Waals surface area contributed by atoms with Crippen LogP contribution in [0.15, 0.2) is 0 Å². The van der Waals surface area contributed by atoms with Crippen molar-refractivity contribution >= 4 is 0 Å². The summed E-state index contributed by atoms with van der Waals surface area (Å²) in [6, 6.07) is 0. The lowest BCUT2D eigenvalue weighted by atomic mass is 9.91. The topological polar surface area (TPSA) is 0 Å². The summed E-state index contributed by atoms with van der Waals surface area (Å²) < 4.78 is 0. The number of hydrogen-bond donors (Lipinski definition) is 0. The van der Waals surface area contributed by atoms with Crippen molar-refractivity contribution in [2.75, 3.05) is 0 Å². The predicted molar refractivity (Wildman–Crippen MR) is 38.9 cm³/mol. The smallest absolute Gasteiger partial charge is 0.0396 e. The highest BCUT2D eigenvalue weighted by Crippen LogP contribution is 2.17. The van der Waals surface area contributed by atoms with Crippen molar-refractivity contribution in [3.63, 3.8) is 0 Å². The van der Waals surface area contributed by atoms with Crippen LogP contribution in [-0.2, 0) is 0 Å². The molecule has 8 heavy (non-hydrogen) atoms. The molecular weight excluding hydrogens is 96.1 g/mol. The van der Waals surface area contributed by atoms with Crippen LogP contribution >= 0.6 is 0 Å². The maximum atomic E-state index is 2.30. The Hall–Kier alpha value is 0. The third-order valence-electron chi connectivity index (χ3n) is 1.99. The summed E-state index contributed by atoms with van der Waals surface area (Å²) in [6.45, 7) is 9.15. The van der Waals surface area contributed by atoms with Crippen LogP contribution in [0.25, 0.3) is 0 Å². The Morgan fingerprint density at radius 2 is 1.38 bits per heavy atom. The minimum absolute atomic E-state index is 0.880. The third-order valence-corrected chi connectivity index (χ3v) is 1.99. The Bertz CT molecular complexity index is 42.0. The summed E-state index contributed by atoms with van der Waals surface area (Å²) in [5, 5.41) is 0. The van der Waals surface area contributed by atoms with E-state index in [2.05, 4.69) is 27.7 Å². The Morgan fingerprint density at radius 1 is 1.00 bits per heavy atom. The van der Waals surface area contributed by atoms with E-state index in [1.807, 2.05) is 0 Å². The summed E-state index contributed by atoms with van der Waals surface area (Å²) in [5.41, 5.74) is 0. The molecule has 0 amide bonds. The van der Waals surface area contributed by atoms with Gasteiger partial charge in [0.05, 0.1) is 0 Å². The second-order valence-corrected chi connectivity index (χ2v) is 2.82. The fraction of sp³-hybridized carbons (Fsp3) is 1.00. The van der Waals surface area contributed by atoms with Crippen molar-refractivity contribution < 1.29 is 0 Å². The molecule has 0 unspecified atom stereocenters. The molecule has 0 fully saturated rings. The molecule has 0 aromatic heterocycles. The van der Waals surface area contributed by atoms with Gasteiger partial charge in [-0.2, -0.15) is 0 Å². The van der Waals surface area contributed by atoms with Crippen molar-refractivity contribution in [3.05, 3.63) is 0 Å². The quantitative estimate of drug-likeness (QED) is 0.529. The van der Waals surface area contributed by atoms with Gasteiger partial charge >= 0.3 is 0 Å². The van der Waals surface area contributed by atoms with E-state index in [0.29, 0.717) is 0 Å². The van der Waals surface area contributed by atoms with Gasteiger partial charge in [-0.1, -0.05) is 40.5 Å². The van der Waals surface area contributed by atoms with Crippen LogP contribution in [0.5, 0.6) is 0 Å². The van der Waals surface area contributed by atoms with Crippen molar-refractivity contribution in [2.24, 2.45) is 11.8 Å². The second-order valence-electron chi connectivity index (χ2n) is 2.82. The van der Waals surface area contributed by atoms with Gasteiger partial charge in [0.2, 0.25) is 0 Å². The first-order valence-corrected chi connectivity index (χ1v) is 3.72. The Labute approximate surface area is 53.3 Å². The first-order valence-electron chi connectivity index (χ1n) is 3.72. The molecule has 0 aliphatic heterocycles. The van der Waals surface area contributed by atoms with Crippen molar-refractivity contribution in [1.82, 2.24) is 0 Å². The van der Waals surface area contributed by atoms with Crippen LogP contribution in [0.1, 0.15) is 40.5 Å². The van der Waals surface area contributed by atoms with E-state index in [1.165, 1.54) is 12.8 Å². The van der Waals surface area contributed by atoms with Gasteiger partial charge in [0.25, 0.3) is 0 Å². The highest BCUT2D eigenvalue weighted by molar-refractivity contribution is 4.57. The van der Waals surface area contributed by atoms with Gasteiger partial charge in [-0.25, -0.2) is 0 Å². The molecule has 0 rings (SSSR count). The Balaban J connectivity index is 3.35. The highest BCUT2D eigenvalue weighted by atomic mass is 14.1. The van der Waals surface area contributed by atoms with Gasteiger partial charge in [-0.05, 0) is 11.8 Å². The lowest BCUT2D eigenvalue weighted by Gasteiger charge is -2.15. The zero-order valence-corrected chi connectivity index (χ0v) is 6.57. The molecule has 0 aliphatic rings. The fourth-order valence-corrected chi connectivity index (χ4v) is 1.23. The minimum atomic E-state index is 0.880. The maximum absolute atomic E-state index is 2.30. The maximum Gasteiger partial charge on any atom is -0.0396 e. The SMILES string of the molecule is CCC(CC)C(C)C. The Morgan fingerprint density at radius 3 is 1.38 bits per heavy atom. The van der Waals surface area contributed by atoms with E-state index in [4.69, 9.17) is 0 Å². The molecule has 0 saturated carbocycles. The molecule has 0 nitrogen and oxygen atoms in total. The molecule has 0 heterocycles. The van der Waals surface area contributed by atoms with Crippen LogP contribution in [0.4, 0.5) is 0 Å². The first kappa shape index (κ1) is 8.00. The molecule has 0 N–H and O–H groups in total. The van der Waals surface area contributed by atoms with E-state index >= 15 is 0 Å². The lowest BCUT2D eigenvalue weighted by molar-refractivity contribution is 0.362. The zero-order valence-electron chi connectivity index (χ0n) is 6.57. The molecular formula is C8H18. The number of rotatable bonds is 3. The first-order chi connectivity index (χ1) is 3.72. The molecule has 0 atom stereocenters. The standard InChI is InChI=1S/C8H18/c1-5-8(6-2)7(3)4/h7-8H,5-6H2,1-4H3. The van der Waals surface area contributed by atoms with Crippen LogP contribution in [0.2, 0.25) is 0 Å². The van der Waals surface area contributed by atoms with Crippen LogP contribution in [0, 0.1) is 11.8 Å². The van der Waals surface area contributed by atoms with Gasteiger partial charge < -0.3 is 0 Å². The summed E-state index contributed by atoms with van der Waals surface area (Å²) in [6.07, 6.45) is 2.68. The largest absolute Gasteiger partial charge is 0.0651 e. The molecule has 0 radical (unpaired) electrons. The van der Waals surface area contributed by atoms with Crippen LogP contribution in [0.3, 0.4) is 0 Å².